The van der Waals surface area contributed by atoms with Gasteiger partial charge in [0.05, 0.1) is 12.5 Å². The lowest BCUT2D eigenvalue weighted by Crippen LogP contribution is -2.30. The largest absolute Gasteiger partial charge is 0.345 e. The van der Waals surface area contributed by atoms with E-state index in [1.165, 1.54) is 0 Å². The lowest BCUT2D eigenvalue weighted by molar-refractivity contribution is -0.120. The molecule has 0 aliphatic heterocycles. The zero-order valence-electron chi connectivity index (χ0n) is 12.4. The Bertz CT molecular complexity index is 754. The van der Waals surface area contributed by atoms with Crippen LogP contribution in [-0.4, -0.2) is 5.91 Å². The van der Waals surface area contributed by atoms with Crippen LogP contribution >= 0.6 is 22.9 Å². The molecule has 0 aliphatic carbocycles. The van der Waals surface area contributed by atoms with E-state index in [2.05, 4.69) is 5.32 Å². The fourth-order valence-corrected chi connectivity index (χ4v) is 3.27. The van der Waals surface area contributed by atoms with Crippen molar-refractivity contribution >= 4 is 28.8 Å². The van der Waals surface area contributed by atoms with E-state index in [-0.39, 0.29) is 11.9 Å². The minimum Gasteiger partial charge on any atom is -0.345 e. The van der Waals surface area contributed by atoms with E-state index >= 15 is 0 Å². The Morgan fingerprint density at radius 1 is 0.957 bits per heavy atom. The highest BCUT2D eigenvalue weighted by molar-refractivity contribution is 7.10. The Morgan fingerprint density at radius 3 is 2.30 bits per heavy atom. The summed E-state index contributed by atoms with van der Waals surface area (Å²) in [5.74, 6) is 0.0104. The van der Waals surface area contributed by atoms with Crippen LogP contribution in [0.1, 0.15) is 22.0 Å². The summed E-state index contributed by atoms with van der Waals surface area (Å²) in [7, 11) is 0. The maximum atomic E-state index is 12.4. The molecule has 0 aliphatic rings. The highest BCUT2D eigenvalue weighted by Gasteiger charge is 2.17. The van der Waals surface area contributed by atoms with E-state index < -0.39 is 0 Å². The maximum Gasteiger partial charge on any atom is 0.226 e. The van der Waals surface area contributed by atoms with E-state index in [0.29, 0.717) is 11.4 Å². The molecule has 2 aromatic carbocycles. The summed E-state index contributed by atoms with van der Waals surface area (Å²) in [6.45, 7) is 0. The fourth-order valence-electron chi connectivity index (χ4n) is 2.44. The number of carbonyl (C=O) groups is 1. The average molecular weight is 342 g/mol. The number of halogens is 1. The monoisotopic (exact) mass is 341 g/mol. The molecule has 0 fully saturated rings. The van der Waals surface area contributed by atoms with E-state index in [0.717, 1.165) is 16.0 Å². The molecule has 2 nitrogen and oxygen atoms in total. The molecule has 4 heteroatoms. The van der Waals surface area contributed by atoms with Crippen LogP contribution < -0.4 is 5.32 Å². The molecule has 116 valence electrons. The first-order valence-electron chi connectivity index (χ1n) is 7.34. The van der Waals surface area contributed by atoms with Crippen LogP contribution in [0, 0.1) is 0 Å². The van der Waals surface area contributed by atoms with Gasteiger partial charge in [0.25, 0.3) is 0 Å². The predicted molar refractivity (Wildman–Crippen MR) is 95.9 cm³/mol. The summed E-state index contributed by atoms with van der Waals surface area (Å²) in [6.07, 6.45) is 0.397. The van der Waals surface area contributed by atoms with Gasteiger partial charge in [-0.05, 0) is 34.7 Å². The minimum atomic E-state index is -0.180. The van der Waals surface area contributed by atoms with Crippen molar-refractivity contribution in [1.82, 2.24) is 5.32 Å². The first-order valence-corrected chi connectivity index (χ1v) is 8.60. The zero-order valence-corrected chi connectivity index (χ0v) is 14.0. The van der Waals surface area contributed by atoms with E-state index in [1.807, 2.05) is 72.1 Å². The van der Waals surface area contributed by atoms with Crippen molar-refractivity contribution in [2.45, 2.75) is 12.5 Å². The maximum absolute atomic E-state index is 12.4. The molecule has 1 amide bonds. The average Bonchev–Trinajstić information content (AvgIpc) is 3.07. The Labute approximate surface area is 144 Å². The summed E-state index contributed by atoms with van der Waals surface area (Å²) in [5.41, 5.74) is 2.06. The van der Waals surface area contributed by atoms with Crippen LogP contribution in [0.3, 0.4) is 0 Å². The van der Waals surface area contributed by atoms with Crippen LogP contribution in [-0.2, 0) is 11.2 Å². The summed E-state index contributed by atoms with van der Waals surface area (Å²) >= 11 is 7.57. The number of rotatable bonds is 5. The van der Waals surface area contributed by atoms with Crippen molar-refractivity contribution in [2.24, 2.45) is 0 Å². The third kappa shape index (κ3) is 4.21. The number of thiophene rings is 1. The van der Waals surface area contributed by atoms with Gasteiger partial charge in [0.15, 0.2) is 0 Å². The smallest absolute Gasteiger partial charge is 0.226 e. The molecule has 1 unspecified atom stereocenters. The fraction of sp³-hybridized carbons (Fsp3) is 0.105. The molecule has 0 bridgehead atoms. The third-order valence-electron chi connectivity index (χ3n) is 3.56. The van der Waals surface area contributed by atoms with Crippen LogP contribution in [0.25, 0.3) is 0 Å². The number of carbonyl (C=O) groups excluding carboxylic acids is 1. The zero-order chi connectivity index (χ0) is 16.1. The minimum absolute atomic E-state index is 0.0104. The molecule has 1 N–H and O–H groups in total. The van der Waals surface area contributed by atoms with E-state index in [9.17, 15) is 4.79 Å². The van der Waals surface area contributed by atoms with Crippen LogP contribution in [0.2, 0.25) is 5.02 Å². The van der Waals surface area contributed by atoms with Crippen molar-refractivity contribution in [3.63, 3.8) is 0 Å². The molecular weight excluding hydrogens is 326 g/mol. The van der Waals surface area contributed by atoms with Gasteiger partial charge in [0.1, 0.15) is 0 Å². The number of nitrogens with one attached hydrogen (secondary N) is 1. The Balaban J connectivity index is 1.83. The molecule has 0 radical (unpaired) electrons. The molecule has 3 rings (SSSR count). The van der Waals surface area contributed by atoms with Crippen molar-refractivity contribution < 1.29 is 4.79 Å². The van der Waals surface area contributed by atoms with Crippen molar-refractivity contribution in [2.75, 3.05) is 0 Å². The normalized spacial score (nSPS) is 11.9. The Hall–Kier alpha value is -2.10. The topological polar surface area (TPSA) is 29.1 Å². The van der Waals surface area contributed by atoms with Gasteiger partial charge in [-0.25, -0.2) is 0 Å². The summed E-state index contributed by atoms with van der Waals surface area (Å²) < 4.78 is 0. The summed E-state index contributed by atoms with van der Waals surface area (Å²) in [5, 5.41) is 5.80. The second-order valence-corrected chi connectivity index (χ2v) is 6.69. The lowest BCUT2D eigenvalue weighted by atomic mass is 9.98. The van der Waals surface area contributed by atoms with Gasteiger partial charge in [-0.15, -0.1) is 11.3 Å². The van der Waals surface area contributed by atoms with Crippen LogP contribution in [0.15, 0.2) is 72.1 Å². The quantitative estimate of drug-likeness (QED) is 0.706. The molecular formula is C19H16ClNOS. The van der Waals surface area contributed by atoms with Crippen LogP contribution in [0.5, 0.6) is 0 Å². The molecule has 0 saturated heterocycles. The number of hydrogen-bond donors (Lipinski definition) is 1. The van der Waals surface area contributed by atoms with Crippen molar-refractivity contribution in [3.05, 3.63) is 93.1 Å². The molecule has 3 aromatic rings. The highest BCUT2D eigenvalue weighted by Crippen LogP contribution is 2.24. The molecule has 23 heavy (non-hydrogen) atoms. The van der Waals surface area contributed by atoms with Gasteiger partial charge in [-0.1, -0.05) is 60.1 Å². The van der Waals surface area contributed by atoms with Gasteiger partial charge >= 0.3 is 0 Å². The van der Waals surface area contributed by atoms with Gasteiger partial charge in [-0.2, -0.15) is 0 Å². The van der Waals surface area contributed by atoms with Crippen molar-refractivity contribution in [3.8, 4) is 0 Å². The van der Waals surface area contributed by atoms with Crippen LogP contribution in [0.4, 0.5) is 0 Å². The Morgan fingerprint density at radius 2 is 1.65 bits per heavy atom. The van der Waals surface area contributed by atoms with Crippen molar-refractivity contribution in [1.29, 1.82) is 0 Å². The second kappa shape index (κ2) is 7.44. The molecule has 1 aromatic heterocycles. The van der Waals surface area contributed by atoms with Gasteiger partial charge < -0.3 is 5.32 Å². The van der Waals surface area contributed by atoms with Gasteiger partial charge in [0, 0.05) is 9.90 Å². The van der Waals surface area contributed by atoms with Gasteiger partial charge in [-0.3, -0.25) is 4.79 Å². The highest BCUT2D eigenvalue weighted by atomic mass is 35.5. The summed E-state index contributed by atoms with van der Waals surface area (Å²) in [4.78, 5) is 13.5. The summed E-state index contributed by atoms with van der Waals surface area (Å²) in [6, 6.07) is 21.3. The third-order valence-corrected chi connectivity index (χ3v) is 4.68. The van der Waals surface area contributed by atoms with Gasteiger partial charge in [0.2, 0.25) is 5.91 Å². The molecule has 0 spiro atoms. The first-order chi connectivity index (χ1) is 11.2. The molecule has 0 saturated carbocycles. The number of amides is 1. The number of hydrogen-bond acceptors (Lipinski definition) is 2. The number of benzene rings is 2. The van der Waals surface area contributed by atoms with E-state index in [4.69, 9.17) is 11.6 Å². The second-order valence-electron chi connectivity index (χ2n) is 5.22. The molecule has 1 atom stereocenters. The first kappa shape index (κ1) is 15.8. The Kier molecular flexibility index (Phi) is 5.11. The predicted octanol–water partition coefficient (Wildman–Crippen LogP) is 4.85. The van der Waals surface area contributed by atoms with E-state index in [1.54, 1.807) is 11.3 Å². The lowest BCUT2D eigenvalue weighted by Gasteiger charge is -2.20. The SMILES string of the molecule is O=C(Cc1cccs1)NC(c1ccccc1)c1ccc(Cl)cc1. The molecule has 1 heterocycles. The standard InChI is InChI=1S/C19H16ClNOS/c20-16-10-8-15(9-11-16)19(14-5-2-1-3-6-14)21-18(22)13-17-7-4-12-23-17/h1-12,19H,13H2,(H,21,22).